The first kappa shape index (κ1) is 14.0. The monoisotopic (exact) mass is 252 g/mol. The van der Waals surface area contributed by atoms with Gasteiger partial charge in [-0.3, -0.25) is 4.79 Å². The van der Waals surface area contributed by atoms with E-state index >= 15 is 0 Å². The molecule has 0 saturated carbocycles. The highest BCUT2D eigenvalue weighted by molar-refractivity contribution is 5.83. The zero-order chi connectivity index (χ0) is 13.4. The van der Waals surface area contributed by atoms with Crippen LogP contribution in [0.4, 0.5) is 0 Å². The summed E-state index contributed by atoms with van der Waals surface area (Å²) in [5.41, 5.74) is 2.95. The van der Waals surface area contributed by atoms with Gasteiger partial charge in [0, 0.05) is 6.61 Å². The van der Waals surface area contributed by atoms with Gasteiger partial charge in [0.15, 0.2) is 11.5 Å². The van der Waals surface area contributed by atoms with Crippen molar-refractivity contribution in [1.29, 1.82) is 0 Å². The van der Waals surface area contributed by atoms with Crippen LogP contribution in [-0.2, 0) is 9.53 Å². The number of hydrogen-bond acceptors (Lipinski definition) is 5. The maximum absolute atomic E-state index is 11.1. The highest BCUT2D eigenvalue weighted by Gasteiger charge is 2.01. The topological polar surface area (TPSA) is 80.2 Å². The zero-order valence-electron chi connectivity index (χ0n) is 10.3. The maximum Gasteiger partial charge on any atom is 0.266 e. The number of nitrogens with one attached hydrogen (secondary N) is 1. The smallest absolute Gasteiger partial charge is 0.266 e. The van der Waals surface area contributed by atoms with Crippen LogP contribution in [-0.4, -0.2) is 37.6 Å². The Morgan fingerprint density at radius 3 is 2.94 bits per heavy atom. The molecule has 0 aliphatic heterocycles. The van der Waals surface area contributed by atoms with Crippen LogP contribution >= 0.6 is 0 Å². The Bertz CT molecular complexity index is 432. The lowest BCUT2D eigenvalue weighted by atomic mass is 10.2. The van der Waals surface area contributed by atoms with E-state index in [1.807, 2.05) is 0 Å². The number of methoxy groups -OCH3 is 1. The third-order valence-electron chi connectivity index (χ3n) is 2.04. The summed E-state index contributed by atoms with van der Waals surface area (Å²) in [5.74, 6) is 0.0699. The van der Waals surface area contributed by atoms with E-state index in [1.54, 1.807) is 19.1 Å². The van der Waals surface area contributed by atoms with E-state index in [-0.39, 0.29) is 18.3 Å². The summed E-state index contributed by atoms with van der Waals surface area (Å²) >= 11 is 0. The van der Waals surface area contributed by atoms with Crippen molar-refractivity contribution in [2.45, 2.75) is 6.92 Å². The molecule has 1 aromatic rings. The lowest BCUT2D eigenvalue weighted by molar-refractivity contribution is -0.125. The minimum Gasteiger partial charge on any atom is -0.504 e. The van der Waals surface area contributed by atoms with Crippen molar-refractivity contribution in [1.82, 2.24) is 5.43 Å². The Labute approximate surface area is 105 Å². The average Bonchev–Trinajstić information content (AvgIpc) is 2.36. The molecule has 0 saturated heterocycles. The van der Waals surface area contributed by atoms with Crippen LogP contribution in [0.5, 0.6) is 11.5 Å². The number of rotatable bonds is 6. The minimum atomic E-state index is -0.328. The normalized spacial score (nSPS) is 10.6. The van der Waals surface area contributed by atoms with Crippen molar-refractivity contribution in [3.05, 3.63) is 23.8 Å². The van der Waals surface area contributed by atoms with E-state index in [0.29, 0.717) is 17.9 Å². The highest BCUT2D eigenvalue weighted by atomic mass is 16.5. The lowest BCUT2D eigenvalue weighted by Gasteiger charge is -2.03. The Balaban J connectivity index is 2.52. The summed E-state index contributed by atoms with van der Waals surface area (Å²) in [6, 6.07) is 4.80. The van der Waals surface area contributed by atoms with Gasteiger partial charge in [0.2, 0.25) is 0 Å². The van der Waals surface area contributed by atoms with Crippen LogP contribution in [0.1, 0.15) is 12.5 Å². The van der Waals surface area contributed by atoms with Crippen LogP contribution in [0.3, 0.4) is 0 Å². The Kier molecular flexibility index (Phi) is 5.66. The first-order valence-corrected chi connectivity index (χ1v) is 5.44. The van der Waals surface area contributed by atoms with Gasteiger partial charge >= 0.3 is 0 Å². The van der Waals surface area contributed by atoms with Crippen molar-refractivity contribution in [3.63, 3.8) is 0 Å². The van der Waals surface area contributed by atoms with Gasteiger partial charge in [0.05, 0.1) is 13.3 Å². The fourth-order valence-electron chi connectivity index (χ4n) is 1.19. The number of hydrogen-bond donors (Lipinski definition) is 2. The van der Waals surface area contributed by atoms with Crippen LogP contribution in [0, 0.1) is 0 Å². The number of carbonyl (C=O) groups is 1. The molecule has 0 aliphatic rings. The number of carbonyl (C=O) groups excluding carboxylic acids is 1. The van der Waals surface area contributed by atoms with Crippen LogP contribution < -0.4 is 10.2 Å². The largest absolute Gasteiger partial charge is 0.504 e. The summed E-state index contributed by atoms with van der Waals surface area (Å²) < 4.78 is 9.81. The third-order valence-corrected chi connectivity index (χ3v) is 2.04. The summed E-state index contributed by atoms with van der Waals surface area (Å²) in [5, 5.41) is 13.3. The fourth-order valence-corrected chi connectivity index (χ4v) is 1.19. The van der Waals surface area contributed by atoms with Crippen molar-refractivity contribution < 1.29 is 19.4 Å². The van der Waals surface area contributed by atoms with Gasteiger partial charge < -0.3 is 14.6 Å². The van der Waals surface area contributed by atoms with Gasteiger partial charge in [-0.05, 0) is 30.7 Å². The summed E-state index contributed by atoms with van der Waals surface area (Å²) in [6.45, 7) is 2.25. The van der Waals surface area contributed by atoms with Gasteiger partial charge in [0.25, 0.3) is 5.91 Å². The van der Waals surface area contributed by atoms with Crippen molar-refractivity contribution in [2.24, 2.45) is 5.10 Å². The second kappa shape index (κ2) is 7.29. The van der Waals surface area contributed by atoms with Gasteiger partial charge in [-0.2, -0.15) is 5.10 Å². The fraction of sp³-hybridized carbons (Fsp3) is 0.333. The number of benzene rings is 1. The Morgan fingerprint density at radius 2 is 2.33 bits per heavy atom. The van der Waals surface area contributed by atoms with Crippen molar-refractivity contribution >= 4 is 12.1 Å². The van der Waals surface area contributed by atoms with E-state index in [4.69, 9.17) is 9.47 Å². The SMILES string of the molecule is CCOCC(=O)N/N=C/c1ccc(OC)c(O)c1. The first-order valence-electron chi connectivity index (χ1n) is 5.44. The molecular weight excluding hydrogens is 236 g/mol. The molecule has 0 spiro atoms. The molecule has 18 heavy (non-hydrogen) atoms. The predicted octanol–water partition coefficient (Wildman–Crippen LogP) is 0.887. The van der Waals surface area contributed by atoms with Gasteiger partial charge in [-0.1, -0.05) is 0 Å². The Morgan fingerprint density at radius 1 is 1.56 bits per heavy atom. The number of hydrazone groups is 1. The van der Waals surface area contributed by atoms with Crippen molar-refractivity contribution in [3.8, 4) is 11.5 Å². The number of phenols is 1. The molecule has 0 heterocycles. The zero-order valence-corrected chi connectivity index (χ0v) is 10.3. The molecule has 0 atom stereocenters. The molecule has 0 aliphatic carbocycles. The molecule has 0 fully saturated rings. The van der Waals surface area contributed by atoms with Crippen LogP contribution in [0.2, 0.25) is 0 Å². The number of nitrogens with zero attached hydrogens (tertiary/aromatic N) is 1. The summed E-state index contributed by atoms with van der Waals surface area (Å²) in [6.07, 6.45) is 1.42. The molecule has 0 aromatic heterocycles. The molecule has 0 radical (unpaired) electrons. The average molecular weight is 252 g/mol. The molecule has 6 heteroatoms. The summed E-state index contributed by atoms with van der Waals surface area (Å²) in [7, 11) is 1.47. The standard InChI is InChI=1S/C12H16N2O4/c1-3-18-8-12(16)14-13-7-9-4-5-11(17-2)10(15)6-9/h4-7,15H,3,8H2,1-2H3,(H,14,16)/b13-7+. The van der Waals surface area contributed by atoms with E-state index in [0.717, 1.165) is 0 Å². The van der Waals surface area contributed by atoms with Crippen LogP contribution in [0.25, 0.3) is 0 Å². The van der Waals surface area contributed by atoms with E-state index < -0.39 is 0 Å². The van der Waals surface area contributed by atoms with Gasteiger partial charge in [0.1, 0.15) is 6.61 Å². The van der Waals surface area contributed by atoms with Crippen molar-refractivity contribution in [2.75, 3.05) is 20.3 Å². The molecule has 0 unspecified atom stereocenters. The second-order valence-corrected chi connectivity index (χ2v) is 3.36. The number of ether oxygens (including phenoxy) is 2. The lowest BCUT2D eigenvalue weighted by Crippen LogP contribution is -2.22. The molecule has 2 N–H and O–H groups in total. The number of amides is 1. The van der Waals surface area contributed by atoms with E-state index in [9.17, 15) is 9.90 Å². The van der Waals surface area contributed by atoms with E-state index in [1.165, 1.54) is 19.4 Å². The van der Waals surface area contributed by atoms with Gasteiger partial charge in [-0.25, -0.2) is 5.43 Å². The first-order chi connectivity index (χ1) is 8.67. The van der Waals surface area contributed by atoms with Gasteiger partial charge in [-0.15, -0.1) is 0 Å². The molecule has 98 valence electrons. The Hall–Kier alpha value is -2.08. The quantitative estimate of drug-likeness (QED) is 0.582. The van der Waals surface area contributed by atoms with E-state index in [2.05, 4.69) is 10.5 Å². The second-order valence-electron chi connectivity index (χ2n) is 3.36. The molecular formula is C12H16N2O4. The molecule has 0 bridgehead atoms. The molecule has 6 nitrogen and oxygen atoms in total. The predicted molar refractivity (Wildman–Crippen MR) is 66.9 cm³/mol. The number of aromatic hydroxyl groups is 1. The molecule has 1 aromatic carbocycles. The molecule has 1 amide bonds. The molecule has 1 rings (SSSR count). The minimum absolute atomic E-state index is 0.0158. The maximum atomic E-state index is 11.1. The summed E-state index contributed by atoms with van der Waals surface area (Å²) in [4.78, 5) is 11.1. The van der Waals surface area contributed by atoms with Crippen LogP contribution in [0.15, 0.2) is 23.3 Å². The number of phenolic OH excluding ortho intramolecular Hbond substituents is 1. The highest BCUT2D eigenvalue weighted by Crippen LogP contribution is 2.25. The third kappa shape index (κ3) is 4.42.